The van der Waals surface area contributed by atoms with E-state index >= 15 is 0 Å². The van der Waals surface area contributed by atoms with Crippen LogP contribution < -0.4 is 10.5 Å². The zero-order valence-corrected chi connectivity index (χ0v) is 15.2. The van der Waals surface area contributed by atoms with E-state index < -0.39 is 10.8 Å². The Labute approximate surface area is 156 Å². The molecule has 2 N–H and O–H groups in total. The van der Waals surface area contributed by atoms with Crippen LogP contribution in [-0.2, 0) is 9.53 Å². The normalized spacial score (nSPS) is 21.3. The Morgan fingerprint density at radius 3 is 2.70 bits per heavy atom. The van der Waals surface area contributed by atoms with E-state index in [2.05, 4.69) is 0 Å². The fourth-order valence-electron chi connectivity index (χ4n) is 3.65. The van der Waals surface area contributed by atoms with Gasteiger partial charge in [0.2, 0.25) is 5.88 Å². The third-order valence-corrected chi connectivity index (χ3v) is 4.81. The Morgan fingerprint density at radius 2 is 2.11 bits per heavy atom. The van der Waals surface area contributed by atoms with Crippen LogP contribution in [0.3, 0.4) is 0 Å². The number of allylic oxidation sites excluding steroid dienone is 3. The number of ether oxygens (including phenoxy) is 2. The van der Waals surface area contributed by atoms with Crippen LogP contribution in [0.5, 0.6) is 5.75 Å². The molecule has 0 fully saturated rings. The van der Waals surface area contributed by atoms with Crippen molar-refractivity contribution in [1.82, 2.24) is 0 Å². The first-order valence-corrected chi connectivity index (χ1v) is 8.34. The van der Waals surface area contributed by atoms with Gasteiger partial charge in [-0.15, -0.1) is 0 Å². The number of rotatable bonds is 3. The second kappa shape index (κ2) is 6.43. The van der Waals surface area contributed by atoms with Crippen LogP contribution in [0.1, 0.15) is 38.2 Å². The Morgan fingerprint density at radius 1 is 1.41 bits per heavy atom. The van der Waals surface area contributed by atoms with Crippen LogP contribution in [0.4, 0.5) is 5.69 Å². The average Bonchev–Trinajstić information content (AvgIpc) is 2.58. The number of ketones is 1. The van der Waals surface area contributed by atoms with E-state index in [1.165, 1.54) is 19.2 Å². The average molecular weight is 369 g/mol. The van der Waals surface area contributed by atoms with Crippen LogP contribution in [-0.4, -0.2) is 17.8 Å². The van der Waals surface area contributed by atoms with Crippen molar-refractivity contribution in [2.24, 2.45) is 11.1 Å². The molecule has 3 rings (SSSR count). The number of carbonyl (C=O) groups excluding carboxylic acids is 1. The fraction of sp³-hybridized carbons (Fsp3) is 0.368. The van der Waals surface area contributed by atoms with Gasteiger partial charge in [-0.3, -0.25) is 14.9 Å². The number of nitro benzene ring substituents is 1. The number of nitro groups is 1. The highest BCUT2D eigenvalue weighted by Gasteiger charge is 2.43. The van der Waals surface area contributed by atoms with Crippen LogP contribution in [0.2, 0.25) is 0 Å². The highest BCUT2D eigenvalue weighted by atomic mass is 16.6. The zero-order valence-electron chi connectivity index (χ0n) is 15.2. The van der Waals surface area contributed by atoms with Crippen LogP contribution in [0, 0.1) is 26.9 Å². The summed E-state index contributed by atoms with van der Waals surface area (Å²) in [6, 6.07) is 6.36. The summed E-state index contributed by atoms with van der Waals surface area (Å²) in [5, 5.41) is 21.0. The molecule has 1 aromatic carbocycles. The van der Waals surface area contributed by atoms with Crippen LogP contribution >= 0.6 is 0 Å². The third-order valence-electron chi connectivity index (χ3n) is 4.81. The van der Waals surface area contributed by atoms with Crippen molar-refractivity contribution < 1.29 is 19.2 Å². The van der Waals surface area contributed by atoms with Crippen molar-refractivity contribution in [3.05, 3.63) is 56.7 Å². The minimum absolute atomic E-state index is 0.0706. The maximum Gasteiger partial charge on any atom is 0.311 e. The molecular formula is C19H19N3O5. The molecule has 1 atom stereocenters. The summed E-state index contributed by atoms with van der Waals surface area (Å²) in [4.78, 5) is 23.7. The number of benzene rings is 1. The largest absolute Gasteiger partial charge is 0.490 e. The Hall–Kier alpha value is -3.34. The van der Waals surface area contributed by atoms with Crippen molar-refractivity contribution in [2.45, 2.75) is 32.6 Å². The molecule has 8 nitrogen and oxygen atoms in total. The second-order valence-corrected chi connectivity index (χ2v) is 7.39. The van der Waals surface area contributed by atoms with Gasteiger partial charge < -0.3 is 15.2 Å². The molecule has 0 saturated heterocycles. The van der Waals surface area contributed by atoms with Crippen molar-refractivity contribution in [1.29, 1.82) is 5.26 Å². The van der Waals surface area contributed by atoms with E-state index in [9.17, 15) is 20.2 Å². The quantitative estimate of drug-likeness (QED) is 0.640. The SMILES string of the molecule is COc1ccc([C@@H]2C(C#N)=C(N)OC3=C2C(=O)CC(C)(C)C3)cc1[N+](=O)[O-]. The Balaban J connectivity index is 2.22. The number of hydrogen-bond acceptors (Lipinski definition) is 7. The first-order chi connectivity index (χ1) is 12.7. The summed E-state index contributed by atoms with van der Waals surface area (Å²) in [6.07, 6.45) is 0.783. The van der Waals surface area contributed by atoms with E-state index in [0.29, 0.717) is 29.7 Å². The third kappa shape index (κ3) is 3.12. The molecule has 0 spiro atoms. The molecule has 1 heterocycles. The number of methoxy groups -OCH3 is 1. The lowest BCUT2D eigenvalue weighted by molar-refractivity contribution is -0.385. The van der Waals surface area contributed by atoms with Crippen LogP contribution in [0.15, 0.2) is 41.0 Å². The Bertz CT molecular complexity index is 953. The molecule has 27 heavy (non-hydrogen) atoms. The van der Waals surface area contributed by atoms with Crippen molar-refractivity contribution in [3.63, 3.8) is 0 Å². The van der Waals surface area contributed by atoms with Crippen molar-refractivity contribution >= 4 is 11.5 Å². The first-order valence-electron chi connectivity index (χ1n) is 8.34. The molecule has 140 valence electrons. The number of nitriles is 1. The number of carbonyl (C=O) groups is 1. The minimum atomic E-state index is -0.799. The summed E-state index contributed by atoms with van der Waals surface area (Å²) in [6.45, 7) is 3.90. The van der Waals surface area contributed by atoms with E-state index in [1.54, 1.807) is 6.07 Å². The number of hydrogen-bond donors (Lipinski definition) is 1. The smallest absolute Gasteiger partial charge is 0.311 e. The van der Waals surface area contributed by atoms with Gasteiger partial charge in [-0.1, -0.05) is 19.9 Å². The van der Waals surface area contributed by atoms with Gasteiger partial charge >= 0.3 is 5.69 Å². The topological polar surface area (TPSA) is 128 Å². The second-order valence-electron chi connectivity index (χ2n) is 7.39. The van der Waals surface area contributed by atoms with Crippen molar-refractivity contribution in [2.75, 3.05) is 7.11 Å². The van der Waals surface area contributed by atoms with E-state index in [4.69, 9.17) is 15.2 Å². The fourth-order valence-corrected chi connectivity index (χ4v) is 3.65. The summed E-state index contributed by atoms with van der Waals surface area (Å²) in [5.41, 5.74) is 6.24. The molecule has 0 unspecified atom stereocenters. The maximum atomic E-state index is 12.9. The maximum absolute atomic E-state index is 12.9. The first kappa shape index (κ1) is 18.5. The summed E-state index contributed by atoms with van der Waals surface area (Å²) < 4.78 is 10.6. The number of nitrogens with zero attached hydrogens (tertiary/aromatic N) is 2. The van der Waals surface area contributed by atoms with Gasteiger partial charge in [0.1, 0.15) is 17.4 Å². The lowest BCUT2D eigenvalue weighted by Gasteiger charge is -2.37. The summed E-state index contributed by atoms with van der Waals surface area (Å²) in [5.74, 6) is -0.505. The molecule has 8 heteroatoms. The van der Waals surface area contributed by atoms with Gasteiger partial charge in [0.15, 0.2) is 11.5 Å². The predicted molar refractivity (Wildman–Crippen MR) is 95.3 cm³/mol. The van der Waals surface area contributed by atoms with Gasteiger partial charge in [0, 0.05) is 24.5 Å². The molecule has 0 amide bonds. The predicted octanol–water partition coefficient (Wildman–Crippen LogP) is 3.05. The van der Waals surface area contributed by atoms with Crippen LogP contribution in [0.25, 0.3) is 0 Å². The molecular weight excluding hydrogens is 350 g/mol. The number of Topliss-reactive ketones (excluding diaryl/α,β-unsaturated/α-hetero) is 1. The molecule has 0 saturated carbocycles. The zero-order chi connectivity index (χ0) is 19.9. The monoisotopic (exact) mass is 369 g/mol. The van der Waals surface area contributed by atoms with E-state index in [-0.39, 0.29) is 34.1 Å². The molecule has 0 aromatic heterocycles. The van der Waals surface area contributed by atoms with Gasteiger partial charge in [-0.25, -0.2) is 0 Å². The molecule has 1 aliphatic heterocycles. The minimum Gasteiger partial charge on any atom is -0.490 e. The van der Waals surface area contributed by atoms with Gasteiger partial charge in [-0.2, -0.15) is 5.26 Å². The molecule has 1 aliphatic carbocycles. The highest BCUT2D eigenvalue weighted by Crippen LogP contribution is 2.48. The van der Waals surface area contributed by atoms with Gasteiger partial charge in [0.05, 0.1) is 18.0 Å². The lowest BCUT2D eigenvalue weighted by atomic mass is 9.70. The summed E-state index contributed by atoms with van der Waals surface area (Å²) in [7, 11) is 1.34. The lowest BCUT2D eigenvalue weighted by Crippen LogP contribution is -2.33. The highest BCUT2D eigenvalue weighted by molar-refractivity contribution is 6.00. The van der Waals surface area contributed by atoms with Gasteiger partial charge in [-0.05, 0) is 17.0 Å². The Kier molecular flexibility index (Phi) is 4.39. The van der Waals surface area contributed by atoms with E-state index in [1.807, 2.05) is 19.9 Å². The van der Waals surface area contributed by atoms with E-state index in [0.717, 1.165) is 0 Å². The standard InChI is InChI=1S/C19H19N3O5/c1-19(2)7-13(23)17-15(8-19)27-18(21)11(9-20)16(17)10-4-5-14(26-3)12(6-10)22(24)25/h4-6,16H,7-8,21H2,1-3H3/t16-/m1/s1. The van der Waals surface area contributed by atoms with Gasteiger partial charge in [0.25, 0.3) is 0 Å². The van der Waals surface area contributed by atoms with Crippen molar-refractivity contribution in [3.8, 4) is 11.8 Å². The molecule has 2 aliphatic rings. The molecule has 0 bridgehead atoms. The molecule has 0 radical (unpaired) electrons. The molecule has 1 aromatic rings. The summed E-state index contributed by atoms with van der Waals surface area (Å²) >= 11 is 0. The number of nitrogens with two attached hydrogens (primary N) is 1.